The molecule has 0 spiro atoms. The van der Waals surface area contributed by atoms with E-state index in [2.05, 4.69) is 0 Å². The SMILES string of the molecule is NCCC(N1CCCOc2ccccc21)C(F)(F)F. The van der Waals surface area contributed by atoms with Crippen molar-refractivity contribution in [3.8, 4) is 5.75 Å². The Hall–Kier alpha value is -1.43. The van der Waals surface area contributed by atoms with Gasteiger partial charge in [-0.15, -0.1) is 0 Å². The molecular weight excluding hydrogens is 257 g/mol. The van der Waals surface area contributed by atoms with Gasteiger partial charge in [-0.3, -0.25) is 0 Å². The average Bonchev–Trinajstić information content (AvgIpc) is 2.57. The molecule has 0 radical (unpaired) electrons. The highest BCUT2D eigenvalue weighted by Gasteiger charge is 2.43. The fraction of sp³-hybridized carbons (Fsp3) is 0.538. The minimum absolute atomic E-state index is 0.00367. The van der Waals surface area contributed by atoms with E-state index in [-0.39, 0.29) is 13.0 Å². The molecule has 0 aromatic heterocycles. The van der Waals surface area contributed by atoms with Crippen LogP contribution in [-0.2, 0) is 0 Å². The van der Waals surface area contributed by atoms with Gasteiger partial charge < -0.3 is 15.4 Å². The van der Waals surface area contributed by atoms with Gasteiger partial charge in [0.15, 0.2) is 0 Å². The summed E-state index contributed by atoms with van der Waals surface area (Å²) in [7, 11) is 0. The highest BCUT2D eigenvalue weighted by Crippen LogP contribution is 2.37. The van der Waals surface area contributed by atoms with Crippen molar-refractivity contribution < 1.29 is 17.9 Å². The number of fused-ring (bicyclic) bond motifs is 1. The van der Waals surface area contributed by atoms with Crippen LogP contribution in [0.3, 0.4) is 0 Å². The molecule has 1 aliphatic rings. The molecule has 1 aromatic carbocycles. The molecule has 2 rings (SSSR count). The average molecular weight is 274 g/mol. The number of hydrogen-bond acceptors (Lipinski definition) is 3. The number of anilines is 1. The Bertz CT molecular complexity index is 423. The predicted octanol–water partition coefficient (Wildman–Crippen LogP) is 2.56. The molecule has 1 aliphatic heterocycles. The smallest absolute Gasteiger partial charge is 0.408 e. The quantitative estimate of drug-likeness (QED) is 0.920. The number of nitrogens with two attached hydrogens (primary N) is 1. The van der Waals surface area contributed by atoms with Crippen LogP contribution in [0.1, 0.15) is 12.8 Å². The van der Waals surface area contributed by atoms with E-state index in [4.69, 9.17) is 10.5 Å². The summed E-state index contributed by atoms with van der Waals surface area (Å²) in [5.41, 5.74) is 5.83. The minimum Gasteiger partial charge on any atom is -0.491 e. The molecule has 2 N–H and O–H groups in total. The van der Waals surface area contributed by atoms with Gasteiger partial charge in [0.05, 0.1) is 12.3 Å². The Morgan fingerprint density at radius 3 is 2.74 bits per heavy atom. The number of benzene rings is 1. The molecule has 0 bridgehead atoms. The van der Waals surface area contributed by atoms with E-state index in [0.29, 0.717) is 31.0 Å². The Balaban J connectivity index is 2.36. The number of rotatable bonds is 3. The number of para-hydroxylation sites is 2. The second-order valence-electron chi connectivity index (χ2n) is 4.50. The van der Waals surface area contributed by atoms with E-state index in [9.17, 15) is 13.2 Å². The van der Waals surface area contributed by atoms with Gasteiger partial charge in [0.1, 0.15) is 11.8 Å². The van der Waals surface area contributed by atoms with Gasteiger partial charge in [-0.1, -0.05) is 12.1 Å². The van der Waals surface area contributed by atoms with Crippen LogP contribution in [0.4, 0.5) is 18.9 Å². The van der Waals surface area contributed by atoms with E-state index >= 15 is 0 Å². The van der Waals surface area contributed by atoms with Crippen molar-refractivity contribution in [3.05, 3.63) is 24.3 Å². The van der Waals surface area contributed by atoms with Crippen molar-refractivity contribution in [1.29, 1.82) is 0 Å². The van der Waals surface area contributed by atoms with E-state index in [1.54, 1.807) is 24.3 Å². The van der Waals surface area contributed by atoms with Crippen LogP contribution in [0, 0.1) is 0 Å². The van der Waals surface area contributed by atoms with Gasteiger partial charge in [-0.25, -0.2) is 0 Å². The van der Waals surface area contributed by atoms with Gasteiger partial charge >= 0.3 is 6.18 Å². The normalized spacial score (nSPS) is 17.4. The monoisotopic (exact) mass is 274 g/mol. The third-order valence-electron chi connectivity index (χ3n) is 3.17. The lowest BCUT2D eigenvalue weighted by Gasteiger charge is -2.34. The van der Waals surface area contributed by atoms with Crippen molar-refractivity contribution in [2.45, 2.75) is 25.1 Å². The Morgan fingerprint density at radius 1 is 1.32 bits per heavy atom. The minimum atomic E-state index is -4.29. The van der Waals surface area contributed by atoms with Crippen molar-refractivity contribution in [3.63, 3.8) is 0 Å². The van der Waals surface area contributed by atoms with Crippen molar-refractivity contribution >= 4 is 5.69 Å². The second-order valence-corrected chi connectivity index (χ2v) is 4.50. The summed E-state index contributed by atoms with van der Waals surface area (Å²) in [5.74, 6) is 0.506. The van der Waals surface area contributed by atoms with E-state index in [0.717, 1.165) is 0 Å². The molecule has 6 heteroatoms. The molecule has 1 unspecified atom stereocenters. The van der Waals surface area contributed by atoms with Crippen LogP contribution in [-0.4, -0.2) is 31.9 Å². The molecule has 0 amide bonds. The summed E-state index contributed by atoms with van der Waals surface area (Å²) < 4.78 is 45.0. The zero-order valence-corrected chi connectivity index (χ0v) is 10.5. The highest BCUT2D eigenvalue weighted by atomic mass is 19.4. The first-order valence-electron chi connectivity index (χ1n) is 6.29. The van der Waals surface area contributed by atoms with Gasteiger partial charge in [0, 0.05) is 6.54 Å². The predicted molar refractivity (Wildman–Crippen MR) is 67.4 cm³/mol. The molecule has 19 heavy (non-hydrogen) atoms. The van der Waals surface area contributed by atoms with Crippen molar-refractivity contribution in [2.24, 2.45) is 5.73 Å². The molecule has 1 aromatic rings. The zero-order chi connectivity index (χ0) is 13.9. The first kappa shape index (κ1) is 14.0. The van der Waals surface area contributed by atoms with Gasteiger partial charge in [-0.05, 0) is 31.5 Å². The van der Waals surface area contributed by atoms with E-state index in [1.807, 2.05) is 0 Å². The number of ether oxygens (including phenoxy) is 1. The standard InChI is InChI=1S/C13H17F3N2O/c14-13(15,16)12(6-7-17)18-8-3-9-19-11-5-2-1-4-10(11)18/h1-2,4-5,12H,3,6-9,17H2. The fourth-order valence-corrected chi connectivity index (χ4v) is 2.33. The van der Waals surface area contributed by atoms with Crippen LogP contribution >= 0.6 is 0 Å². The summed E-state index contributed by atoms with van der Waals surface area (Å²) >= 11 is 0. The zero-order valence-electron chi connectivity index (χ0n) is 10.5. The van der Waals surface area contributed by atoms with Gasteiger partial charge in [0.25, 0.3) is 0 Å². The third kappa shape index (κ3) is 3.12. The summed E-state index contributed by atoms with van der Waals surface area (Å²) in [6.07, 6.45) is -3.85. The lowest BCUT2D eigenvalue weighted by molar-refractivity contribution is -0.149. The second kappa shape index (κ2) is 5.69. The summed E-state index contributed by atoms with van der Waals surface area (Å²) in [6, 6.07) is 5.28. The van der Waals surface area contributed by atoms with Crippen LogP contribution in [0.2, 0.25) is 0 Å². The molecule has 1 heterocycles. The topological polar surface area (TPSA) is 38.5 Å². The summed E-state index contributed by atoms with van der Waals surface area (Å²) in [4.78, 5) is 1.37. The summed E-state index contributed by atoms with van der Waals surface area (Å²) in [5, 5.41) is 0. The van der Waals surface area contributed by atoms with E-state index in [1.165, 1.54) is 4.90 Å². The maximum atomic E-state index is 13.2. The molecule has 0 fully saturated rings. The lowest BCUT2D eigenvalue weighted by Crippen LogP contribution is -2.47. The number of alkyl halides is 3. The molecule has 3 nitrogen and oxygen atoms in total. The molecule has 1 atom stereocenters. The third-order valence-corrected chi connectivity index (χ3v) is 3.17. The Labute approximate surface area is 110 Å². The van der Waals surface area contributed by atoms with Gasteiger partial charge in [0.2, 0.25) is 0 Å². The Kier molecular flexibility index (Phi) is 4.19. The fourth-order valence-electron chi connectivity index (χ4n) is 2.33. The van der Waals surface area contributed by atoms with Crippen LogP contribution in [0.15, 0.2) is 24.3 Å². The van der Waals surface area contributed by atoms with E-state index < -0.39 is 12.2 Å². The highest BCUT2D eigenvalue weighted by molar-refractivity contribution is 5.59. The number of halogens is 3. The number of hydrogen-bond donors (Lipinski definition) is 1. The summed E-state index contributed by atoms with van der Waals surface area (Å²) in [6.45, 7) is 0.756. The molecule has 106 valence electrons. The Morgan fingerprint density at radius 2 is 2.05 bits per heavy atom. The largest absolute Gasteiger partial charge is 0.491 e. The number of nitrogens with zero attached hydrogens (tertiary/aromatic N) is 1. The lowest BCUT2D eigenvalue weighted by atomic mass is 10.1. The molecular formula is C13H17F3N2O. The van der Waals surface area contributed by atoms with Crippen LogP contribution < -0.4 is 15.4 Å². The van der Waals surface area contributed by atoms with Crippen LogP contribution in [0.5, 0.6) is 5.75 Å². The molecule has 0 aliphatic carbocycles. The van der Waals surface area contributed by atoms with Crippen LogP contribution in [0.25, 0.3) is 0 Å². The van der Waals surface area contributed by atoms with Crippen molar-refractivity contribution in [1.82, 2.24) is 0 Å². The maximum absolute atomic E-state index is 13.2. The van der Waals surface area contributed by atoms with Crippen molar-refractivity contribution in [2.75, 3.05) is 24.6 Å². The first-order chi connectivity index (χ1) is 9.04. The first-order valence-corrected chi connectivity index (χ1v) is 6.29. The molecule has 0 saturated carbocycles. The maximum Gasteiger partial charge on any atom is 0.408 e. The molecule has 0 saturated heterocycles. The van der Waals surface area contributed by atoms with Gasteiger partial charge in [-0.2, -0.15) is 13.2 Å².